The lowest BCUT2D eigenvalue weighted by Crippen LogP contribution is -2.38. The maximum atomic E-state index is 12.4. The highest BCUT2D eigenvalue weighted by atomic mass is 16.2. The van der Waals surface area contributed by atoms with Crippen LogP contribution in [0.15, 0.2) is 45.3 Å². The van der Waals surface area contributed by atoms with Crippen LogP contribution >= 0.6 is 0 Å². The van der Waals surface area contributed by atoms with E-state index in [4.69, 9.17) is 0 Å². The molecule has 0 saturated heterocycles. The number of nitrogens with one attached hydrogen (secondary N) is 1. The van der Waals surface area contributed by atoms with Gasteiger partial charge in [-0.15, -0.1) is 0 Å². The predicted molar refractivity (Wildman–Crippen MR) is 107 cm³/mol. The molecular formula is C18H21N7O3. The van der Waals surface area contributed by atoms with Gasteiger partial charge in [-0.25, -0.2) is 15.2 Å². The summed E-state index contributed by atoms with van der Waals surface area (Å²) < 4.78 is 3.64. The fourth-order valence-electron chi connectivity index (χ4n) is 2.74. The summed E-state index contributed by atoms with van der Waals surface area (Å²) in [5.41, 5.74) is 3.75. The van der Waals surface area contributed by atoms with E-state index in [1.165, 1.54) is 35.8 Å². The highest BCUT2D eigenvalue weighted by Gasteiger charge is 2.15. The van der Waals surface area contributed by atoms with Gasteiger partial charge in [-0.05, 0) is 17.7 Å². The molecule has 0 saturated carbocycles. The molecule has 0 unspecified atom stereocenters. The SMILES string of the molecule is CN(C)c1ccc(/C=N/NC(=O)Cn2cnc3c2c(=O)n(C)c(=O)n3C)cc1. The number of amides is 1. The Bertz CT molecular complexity index is 1170. The van der Waals surface area contributed by atoms with Crippen LogP contribution in [-0.2, 0) is 25.4 Å². The highest BCUT2D eigenvalue weighted by molar-refractivity contribution is 5.83. The van der Waals surface area contributed by atoms with Crippen LogP contribution < -0.4 is 21.6 Å². The number of hydrogen-bond acceptors (Lipinski definition) is 6. The Balaban J connectivity index is 1.73. The van der Waals surface area contributed by atoms with Gasteiger partial charge in [0.25, 0.3) is 11.5 Å². The van der Waals surface area contributed by atoms with Crippen LogP contribution in [0.25, 0.3) is 11.2 Å². The van der Waals surface area contributed by atoms with Gasteiger partial charge >= 0.3 is 5.69 Å². The van der Waals surface area contributed by atoms with Gasteiger partial charge in [-0.1, -0.05) is 12.1 Å². The van der Waals surface area contributed by atoms with Crippen LogP contribution in [0.2, 0.25) is 0 Å². The summed E-state index contributed by atoms with van der Waals surface area (Å²) in [5.74, 6) is -0.420. The van der Waals surface area contributed by atoms with Crippen LogP contribution in [0.5, 0.6) is 0 Å². The molecule has 1 N–H and O–H groups in total. The standard InChI is InChI=1S/C18H21N7O3/c1-22(2)13-7-5-12(6-8-13)9-20-21-14(26)10-25-11-19-16-15(25)17(27)24(4)18(28)23(16)3/h5-9,11H,10H2,1-4H3,(H,21,26)/b20-9+. The number of aromatic nitrogens is 4. The largest absolute Gasteiger partial charge is 0.378 e. The molecule has 0 fully saturated rings. The van der Waals surface area contributed by atoms with Crippen LogP contribution in [0.1, 0.15) is 5.56 Å². The molecule has 3 rings (SSSR count). The molecule has 1 aromatic carbocycles. The average molecular weight is 383 g/mol. The number of carbonyl (C=O) groups is 1. The molecule has 146 valence electrons. The number of hydrazone groups is 1. The quantitative estimate of drug-likeness (QED) is 0.479. The third-order valence-corrected chi connectivity index (χ3v) is 4.34. The van der Waals surface area contributed by atoms with E-state index < -0.39 is 17.2 Å². The molecule has 0 aliphatic carbocycles. The van der Waals surface area contributed by atoms with Gasteiger partial charge in [0.15, 0.2) is 11.2 Å². The van der Waals surface area contributed by atoms with Crippen molar-refractivity contribution in [3.8, 4) is 0 Å². The second-order valence-corrected chi connectivity index (χ2v) is 6.53. The van der Waals surface area contributed by atoms with Crippen LogP contribution in [0, 0.1) is 0 Å². The number of rotatable bonds is 5. The van der Waals surface area contributed by atoms with E-state index in [1.54, 1.807) is 0 Å². The van der Waals surface area contributed by atoms with Gasteiger partial charge in [-0.3, -0.25) is 18.7 Å². The summed E-state index contributed by atoms with van der Waals surface area (Å²) in [6, 6.07) is 7.67. The molecule has 1 amide bonds. The third kappa shape index (κ3) is 3.56. The minimum Gasteiger partial charge on any atom is -0.378 e. The van der Waals surface area contributed by atoms with Crippen molar-refractivity contribution in [3.05, 3.63) is 57.0 Å². The Morgan fingerprint density at radius 3 is 2.50 bits per heavy atom. The maximum Gasteiger partial charge on any atom is 0.332 e. The van der Waals surface area contributed by atoms with Gasteiger partial charge in [0, 0.05) is 33.9 Å². The van der Waals surface area contributed by atoms with Crippen molar-refractivity contribution in [3.63, 3.8) is 0 Å². The summed E-state index contributed by atoms with van der Waals surface area (Å²) in [6.07, 6.45) is 2.89. The van der Waals surface area contributed by atoms with Crippen molar-refractivity contribution in [2.45, 2.75) is 6.54 Å². The van der Waals surface area contributed by atoms with Crippen molar-refractivity contribution in [1.29, 1.82) is 0 Å². The van der Waals surface area contributed by atoms with Gasteiger partial charge in [0.2, 0.25) is 0 Å². The first-order chi connectivity index (χ1) is 13.3. The number of anilines is 1. The molecular weight excluding hydrogens is 362 g/mol. The second kappa shape index (κ2) is 7.51. The van der Waals surface area contributed by atoms with E-state index in [0.29, 0.717) is 0 Å². The summed E-state index contributed by atoms with van der Waals surface area (Å²) in [5, 5.41) is 3.94. The molecule has 0 aliphatic rings. The minimum atomic E-state index is -0.507. The molecule has 2 aromatic heterocycles. The fraction of sp³-hybridized carbons (Fsp3) is 0.278. The molecule has 0 atom stereocenters. The van der Waals surface area contributed by atoms with E-state index in [-0.39, 0.29) is 17.7 Å². The normalized spacial score (nSPS) is 11.3. The van der Waals surface area contributed by atoms with Gasteiger partial charge in [-0.2, -0.15) is 5.10 Å². The molecule has 0 bridgehead atoms. The topological polar surface area (TPSA) is 107 Å². The lowest BCUT2D eigenvalue weighted by Gasteiger charge is -2.11. The first-order valence-corrected chi connectivity index (χ1v) is 8.49. The molecule has 0 aliphatic heterocycles. The number of hydrogen-bond donors (Lipinski definition) is 1. The Morgan fingerprint density at radius 1 is 1.18 bits per heavy atom. The molecule has 3 aromatic rings. The molecule has 10 heteroatoms. The lowest BCUT2D eigenvalue weighted by atomic mass is 10.2. The maximum absolute atomic E-state index is 12.4. The van der Waals surface area contributed by atoms with E-state index in [0.717, 1.165) is 15.8 Å². The first-order valence-electron chi connectivity index (χ1n) is 8.49. The molecule has 0 spiro atoms. The zero-order chi connectivity index (χ0) is 20.4. The number of carbonyl (C=O) groups excluding carboxylic acids is 1. The van der Waals surface area contributed by atoms with Crippen LogP contribution in [0.4, 0.5) is 5.69 Å². The van der Waals surface area contributed by atoms with Crippen LogP contribution in [-0.4, -0.2) is 44.9 Å². The zero-order valence-electron chi connectivity index (χ0n) is 16.1. The Hall–Kier alpha value is -3.69. The number of benzene rings is 1. The lowest BCUT2D eigenvalue weighted by molar-refractivity contribution is -0.121. The Labute approximate surface area is 160 Å². The highest BCUT2D eigenvalue weighted by Crippen LogP contribution is 2.10. The van der Waals surface area contributed by atoms with Gasteiger partial charge in [0.1, 0.15) is 6.54 Å². The van der Waals surface area contributed by atoms with Crippen LogP contribution in [0.3, 0.4) is 0 Å². The number of nitrogens with zero attached hydrogens (tertiary/aromatic N) is 6. The number of aryl methyl sites for hydroxylation is 1. The van der Waals surface area contributed by atoms with Crippen molar-refractivity contribution in [2.24, 2.45) is 19.2 Å². The van der Waals surface area contributed by atoms with Gasteiger partial charge in [0.05, 0.1) is 12.5 Å². The monoisotopic (exact) mass is 383 g/mol. The van der Waals surface area contributed by atoms with E-state index in [2.05, 4.69) is 15.5 Å². The molecule has 0 radical (unpaired) electrons. The number of imidazole rings is 1. The second-order valence-electron chi connectivity index (χ2n) is 6.53. The third-order valence-electron chi connectivity index (χ3n) is 4.34. The van der Waals surface area contributed by atoms with Crippen molar-refractivity contribution < 1.29 is 4.79 Å². The van der Waals surface area contributed by atoms with E-state index >= 15 is 0 Å². The van der Waals surface area contributed by atoms with Crippen molar-refractivity contribution in [1.82, 2.24) is 24.1 Å². The summed E-state index contributed by atoms with van der Waals surface area (Å²) in [6.45, 7) is -0.152. The molecule has 2 heterocycles. The molecule has 28 heavy (non-hydrogen) atoms. The molecule has 10 nitrogen and oxygen atoms in total. The predicted octanol–water partition coefficient (Wildman–Crippen LogP) is -0.350. The zero-order valence-corrected chi connectivity index (χ0v) is 16.1. The number of fused-ring (bicyclic) bond motifs is 1. The average Bonchev–Trinajstić information content (AvgIpc) is 3.08. The summed E-state index contributed by atoms with van der Waals surface area (Å²) in [7, 11) is 6.81. The van der Waals surface area contributed by atoms with E-state index in [9.17, 15) is 14.4 Å². The summed E-state index contributed by atoms with van der Waals surface area (Å²) in [4.78, 5) is 42.5. The van der Waals surface area contributed by atoms with Gasteiger partial charge < -0.3 is 9.47 Å². The fourth-order valence-corrected chi connectivity index (χ4v) is 2.74. The van der Waals surface area contributed by atoms with E-state index in [1.807, 2.05) is 43.3 Å². The van der Waals surface area contributed by atoms with Crippen molar-refractivity contribution in [2.75, 3.05) is 19.0 Å². The smallest absolute Gasteiger partial charge is 0.332 e. The van der Waals surface area contributed by atoms with Crippen molar-refractivity contribution >= 4 is 29.0 Å². The summed E-state index contributed by atoms with van der Waals surface area (Å²) >= 11 is 0. The Kier molecular flexibility index (Phi) is 5.12. The first kappa shape index (κ1) is 19.1. The Morgan fingerprint density at radius 2 is 1.86 bits per heavy atom. The minimum absolute atomic E-state index is 0.152.